The zero-order chi connectivity index (χ0) is 14.8. The molecule has 0 aromatic rings. The Labute approximate surface area is 124 Å². The van der Waals surface area contributed by atoms with Crippen LogP contribution in [0.5, 0.6) is 0 Å². The fourth-order valence-corrected chi connectivity index (χ4v) is 3.98. The number of likely N-dealkylation sites (N-methyl/N-ethyl adjacent to an activating group) is 1. The lowest BCUT2D eigenvalue weighted by Gasteiger charge is -2.38. The third-order valence-electron chi connectivity index (χ3n) is 5.34. The van der Waals surface area contributed by atoms with Gasteiger partial charge in [0, 0.05) is 30.5 Å². The molecule has 2 rings (SSSR count). The Hall–Kier alpha value is -0.410. The summed E-state index contributed by atoms with van der Waals surface area (Å²) in [5.41, 5.74) is -0.0900. The van der Waals surface area contributed by atoms with Gasteiger partial charge in [-0.25, -0.2) is 0 Å². The second-order valence-electron chi connectivity index (χ2n) is 7.51. The van der Waals surface area contributed by atoms with Crippen molar-refractivity contribution in [1.82, 2.24) is 9.80 Å². The van der Waals surface area contributed by atoms with Crippen LogP contribution in [0.4, 0.5) is 0 Å². The molecule has 1 aliphatic heterocycles. The van der Waals surface area contributed by atoms with Gasteiger partial charge in [0.1, 0.15) is 5.78 Å². The summed E-state index contributed by atoms with van der Waals surface area (Å²) >= 11 is 0. The standard InChI is InChI=1S/C17H32N2O/c1-5-15-13-18(4)10-7-11-19(15)12-14-8-6-9-17(2,3)16(14)20/h14-15H,5-13H2,1-4H3. The minimum atomic E-state index is -0.0900. The van der Waals surface area contributed by atoms with Gasteiger partial charge in [-0.15, -0.1) is 0 Å². The molecule has 3 nitrogen and oxygen atoms in total. The van der Waals surface area contributed by atoms with E-state index in [4.69, 9.17) is 0 Å². The first-order valence-electron chi connectivity index (χ1n) is 8.41. The van der Waals surface area contributed by atoms with Crippen LogP contribution in [0, 0.1) is 11.3 Å². The van der Waals surface area contributed by atoms with E-state index in [1.165, 1.54) is 25.8 Å². The smallest absolute Gasteiger partial charge is 0.142 e. The van der Waals surface area contributed by atoms with Gasteiger partial charge >= 0.3 is 0 Å². The minimum Gasteiger partial charge on any atom is -0.305 e. The molecule has 0 aromatic heterocycles. The van der Waals surface area contributed by atoms with Crippen molar-refractivity contribution in [2.75, 3.05) is 33.2 Å². The number of rotatable bonds is 3. The summed E-state index contributed by atoms with van der Waals surface area (Å²) in [7, 11) is 2.22. The Kier molecular flexibility index (Phi) is 5.25. The van der Waals surface area contributed by atoms with E-state index in [9.17, 15) is 4.79 Å². The lowest BCUT2D eigenvalue weighted by Crippen LogP contribution is -2.46. The topological polar surface area (TPSA) is 23.6 Å². The monoisotopic (exact) mass is 280 g/mol. The summed E-state index contributed by atoms with van der Waals surface area (Å²) in [4.78, 5) is 17.7. The van der Waals surface area contributed by atoms with Gasteiger partial charge in [0.05, 0.1) is 0 Å². The maximum absolute atomic E-state index is 12.6. The third-order valence-corrected chi connectivity index (χ3v) is 5.34. The predicted octanol–water partition coefficient (Wildman–Crippen LogP) is 2.80. The molecule has 0 spiro atoms. The van der Waals surface area contributed by atoms with Gasteiger partial charge in [-0.1, -0.05) is 27.2 Å². The van der Waals surface area contributed by atoms with Crippen LogP contribution < -0.4 is 0 Å². The van der Waals surface area contributed by atoms with Crippen LogP contribution in [0.3, 0.4) is 0 Å². The molecule has 2 fully saturated rings. The highest BCUT2D eigenvalue weighted by molar-refractivity contribution is 5.87. The summed E-state index contributed by atoms with van der Waals surface area (Å²) in [5.74, 6) is 0.785. The van der Waals surface area contributed by atoms with Crippen LogP contribution in [0.15, 0.2) is 0 Å². The molecule has 0 amide bonds. The predicted molar refractivity (Wildman–Crippen MR) is 83.9 cm³/mol. The molecular formula is C17H32N2O. The van der Waals surface area contributed by atoms with Crippen molar-refractivity contribution < 1.29 is 4.79 Å². The number of ketones is 1. The summed E-state index contributed by atoms with van der Waals surface area (Å²) in [6.07, 6.45) is 5.81. The maximum atomic E-state index is 12.6. The van der Waals surface area contributed by atoms with Gasteiger partial charge in [0.15, 0.2) is 0 Å². The average Bonchev–Trinajstić information content (AvgIpc) is 2.56. The van der Waals surface area contributed by atoms with Gasteiger partial charge in [-0.2, -0.15) is 0 Å². The first-order chi connectivity index (χ1) is 9.44. The summed E-state index contributed by atoms with van der Waals surface area (Å²) in [6, 6.07) is 0.625. The minimum absolute atomic E-state index is 0.0900. The zero-order valence-corrected chi connectivity index (χ0v) is 13.8. The number of Topliss-reactive ketones (excluding diaryl/α,β-unsaturated/α-hetero) is 1. The molecule has 1 saturated heterocycles. The SMILES string of the molecule is CCC1CN(C)CCCN1CC1CCCC(C)(C)C1=O. The highest BCUT2D eigenvalue weighted by Crippen LogP contribution is 2.36. The Morgan fingerprint density at radius 1 is 1.25 bits per heavy atom. The quantitative estimate of drug-likeness (QED) is 0.794. The molecule has 116 valence electrons. The first-order valence-corrected chi connectivity index (χ1v) is 8.41. The third kappa shape index (κ3) is 3.62. The van der Waals surface area contributed by atoms with Crippen molar-refractivity contribution in [1.29, 1.82) is 0 Å². The normalized spacial score (nSPS) is 33.1. The Bertz CT molecular complexity index is 340. The van der Waals surface area contributed by atoms with Crippen LogP contribution in [-0.4, -0.2) is 54.9 Å². The second-order valence-corrected chi connectivity index (χ2v) is 7.51. The Morgan fingerprint density at radius 3 is 2.70 bits per heavy atom. The summed E-state index contributed by atoms with van der Waals surface area (Å²) < 4.78 is 0. The number of hydrogen-bond donors (Lipinski definition) is 0. The Balaban J connectivity index is 2.01. The number of nitrogens with zero attached hydrogens (tertiary/aromatic N) is 2. The summed E-state index contributed by atoms with van der Waals surface area (Å²) in [5, 5.41) is 0. The van der Waals surface area contributed by atoms with E-state index in [1.54, 1.807) is 0 Å². The van der Waals surface area contributed by atoms with Gasteiger partial charge in [0.2, 0.25) is 0 Å². The zero-order valence-electron chi connectivity index (χ0n) is 13.8. The molecule has 2 atom stereocenters. The molecule has 3 heteroatoms. The van der Waals surface area contributed by atoms with E-state index in [0.717, 1.165) is 32.5 Å². The Morgan fingerprint density at radius 2 is 2.00 bits per heavy atom. The molecule has 0 aromatic carbocycles. The van der Waals surface area contributed by atoms with Crippen LogP contribution >= 0.6 is 0 Å². The van der Waals surface area contributed by atoms with E-state index in [-0.39, 0.29) is 11.3 Å². The molecule has 1 heterocycles. The van der Waals surface area contributed by atoms with Crippen molar-refractivity contribution in [3.8, 4) is 0 Å². The fourth-order valence-electron chi connectivity index (χ4n) is 3.98. The van der Waals surface area contributed by atoms with Crippen molar-refractivity contribution in [3.05, 3.63) is 0 Å². The molecular weight excluding hydrogens is 248 g/mol. The van der Waals surface area contributed by atoms with Crippen LogP contribution in [0.1, 0.15) is 52.9 Å². The van der Waals surface area contributed by atoms with Gasteiger partial charge in [0.25, 0.3) is 0 Å². The molecule has 2 aliphatic rings. The highest BCUT2D eigenvalue weighted by atomic mass is 16.1. The van der Waals surface area contributed by atoms with E-state index in [1.807, 2.05) is 0 Å². The number of hydrogen-bond acceptors (Lipinski definition) is 3. The molecule has 1 aliphatic carbocycles. The average molecular weight is 280 g/mol. The molecule has 20 heavy (non-hydrogen) atoms. The lowest BCUT2D eigenvalue weighted by atomic mass is 9.71. The van der Waals surface area contributed by atoms with Crippen LogP contribution in [0.2, 0.25) is 0 Å². The highest BCUT2D eigenvalue weighted by Gasteiger charge is 2.38. The lowest BCUT2D eigenvalue weighted by molar-refractivity contribution is -0.135. The van der Waals surface area contributed by atoms with Crippen molar-refractivity contribution in [2.45, 2.75) is 58.9 Å². The van der Waals surface area contributed by atoms with E-state index < -0.39 is 0 Å². The van der Waals surface area contributed by atoms with Crippen molar-refractivity contribution in [3.63, 3.8) is 0 Å². The van der Waals surface area contributed by atoms with E-state index in [0.29, 0.717) is 11.8 Å². The number of carbonyl (C=O) groups is 1. The first kappa shape index (κ1) is 16.0. The largest absolute Gasteiger partial charge is 0.305 e. The second kappa shape index (κ2) is 6.57. The number of carbonyl (C=O) groups excluding carboxylic acids is 1. The van der Waals surface area contributed by atoms with Gasteiger partial charge in [-0.05, 0) is 45.8 Å². The molecule has 0 bridgehead atoms. The van der Waals surface area contributed by atoms with Crippen molar-refractivity contribution >= 4 is 5.78 Å². The van der Waals surface area contributed by atoms with E-state index in [2.05, 4.69) is 37.6 Å². The molecule has 0 radical (unpaired) electrons. The molecule has 0 N–H and O–H groups in total. The van der Waals surface area contributed by atoms with Gasteiger partial charge in [-0.3, -0.25) is 9.69 Å². The molecule has 1 saturated carbocycles. The van der Waals surface area contributed by atoms with E-state index >= 15 is 0 Å². The van der Waals surface area contributed by atoms with Crippen LogP contribution in [-0.2, 0) is 4.79 Å². The van der Waals surface area contributed by atoms with Crippen molar-refractivity contribution in [2.24, 2.45) is 11.3 Å². The maximum Gasteiger partial charge on any atom is 0.142 e. The summed E-state index contributed by atoms with van der Waals surface area (Å²) in [6.45, 7) is 11.0. The molecule has 2 unspecified atom stereocenters. The van der Waals surface area contributed by atoms with Gasteiger partial charge < -0.3 is 4.90 Å². The van der Waals surface area contributed by atoms with Crippen LogP contribution in [0.25, 0.3) is 0 Å². The fraction of sp³-hybridized carbons (Fsp3) is 0.941.